The van der Waals surface area contributed by atoms with Crippen LogP contribution in [0.4, 0.5) is 0 Å². The smallest absolute Gasteiger partial charge is 0.0592 e. The molecule has 0 fully saturated rings. The van der Waals surface area contributed by atoms with Gasteiger partial charge >= 0.3 is 0 Å². The fraction of sp³-hybridized carbons (Fsp3) is 0.273. The molecule has 0 unspecified atom stereocenters. The largest absolute Gasteiger partial charge is 0.119 e. The number of hydrogen-bond donors (Lipinski definition) is 0. The maximum absolute atomic E-state index is 5.19. The topological polar surface area (TPSA) is 0 Å². The first-order chi connectivity index (χ1) is 5.74. The van der Waals surface area contributed by atoms with Gasteiger partial charge in [-0.25, -0.2) is 0 Å². The highest BCUT2D eigenvalue weighted by Crippen LogP contribution is 2.22. The van der Waals surface area contributed by atoms with E-state index in [2.05, 4.69) is 38.0 Å². The van der Waals surface area contributed by atoms with E-state index in [0.29, 0.717) is 0 Å². The van der Waals surface area contributed by atoms with E-state index in [1.807, 2.05) is 0 Å². The van der Waals surface area contributed by atoms with Crippen molar-refractivity contribution >= 4 is 11.8 Å². The van der Waals surface area contributed by atoms with Crippen LogP contribution in [0.2, 0.25) is 0 Å². The lowest BCUT2D eigenvalue weighted by molar-refractivity contribution is 1.26. The van der Waals surface area contributed by atoms with Crippen LogP contribution >= 0.6 is 11.8 Å². The third-order valence-electron chi connectivity index (χ3n) is 1.65. The average Bonchev–Trinajstić information content (AvgIpc) is 2.07. The van der Waals surface area contributed by atoms with E-state index >= 15 is 0 Å². The predicted octanol–water partition coefficient (Wildman–Crippen LogP) is 3.03. The van der Waals surface area contributed by atoms with Crippen LogP contribution in [-0.4, -0.2) is 5.75 Å². The molecule has 0 nitrogen and oxygen atoms in total. The Hall–Kier alpha value is -0.870. The highest BCUT2D eigenvalue weighted by molar-refractivity contribution is 7.99. The van der Waals surface area contributed by atoms with Crippen molar-refractivity contribution in [2.24, 2.45) is 0 Å². The second-order valence-electron chi connectivity index (χ2n) is 2.76. The molecule has 62 valence electrons. The van der Waals surface area contributed by atoms with Crippen LogP contribution in [0.15, 0.2) is 23.1 Å². The zero-order valence-corrected chi connectivity index (χ0v) is 8.24. The van der Waals surface area contributed by atoms with Crippen molar-refractivity contribution in [3.05, 3.63) is 29.3 Å². The van der Waals surface area contributed by atoms with Crippen LogP contribution in [0.3, 0.4) is 0 Å². The van der Waals surface area contributed by atoms with Gasteiger partial charge in [0.2, 0.25) is 0 Å². The van der Waals surface area contributed by atoms with E-state index < -0.39 is 0 Å². The van der Waals surface area contributed by atoms with Crippen molar-refractivity contribution in [2.45, 2.75) is 18.7 Å². The van der Waals surface area contributed by atoms with Crippen molar-refractivity contribution in [1.29, 1.82) is 0 Å². The van der Waals surface area contributed by atoms with E-state index in [9.17, 15) is 0 Å². The van der Waals surface area contributed by atoms with Gasteiger partial charge in [0.1, 0.15) is 0 Å². The summed E-state index contributed by atoms with van der Waals surface area (Å²) in [6.07, 6.45) is 5.19. The first-order valence-electron chi connectivity index (χ1n) is 3.87. The zero-order valence-electron chi connectivity index (χ0n) is 7.42. The lowest BCUT2D eigenvalue weighted by Crippen LogP contribution is -1.82. The molecule has 0 atom stereocenters. The Morgan fingerprint density at radius 3 is 2.83 bits per heavy atom. The third-order valence-corrected chi connectivity index (χ3v) is 2.72. The van der Waals surface area contributed by atoms with Crippen LogP contribution < -0.4 is 0 Å². The summed E-state index contributed by atoms with van der Waals surface area (Å²) in [5.74, 6) is 3.38. The van der Waals surface area contributed by atoms with Gasteiger partial charge in [-0.1, -0.05) is 23.6 Å². The molecule has 12 heavy (non-hydrogen) atoms. The molecule has 1 heteroatoms. The van der Waals surface area contributed by atoms with Crippen molar-refractivity contribution in [1.82, 2.24) is 0 Å². The number of thioether (sulfide) groups is 1. The van der Waals surface area contributed by atoms with Crippen molar-refractivity contribution in [3.63, 3.8) is 0 Å². The first-order valence-corrected chi connectivity index (χ1v) is 4.86. The summed E-state index contributed by atoms with van der Waals surface area (Å²) in [6, 6.07) is 6.43. The molecule has 0 bridgehead atoms. The monoisotopic (exact) mass is 176 g/mol. The number of benzene rings is 1. The Morgan fingerprint density at radius 1 is 1.42 bits per heavy atom. The average molecular weight is 176 g/mol. The molecule has 1 rings (SSSR count). The summed E-state index contributed by atoms with van der Waals surface area (Å²) in [6.45, 7) is 4.21. The summed E-state index contributed by atoms with van der Waals surface area (Å²) in [5.41, 5.74) is 2.60. The zero-order chi connectivity index (χ0) is 8.97. The van der Waals surface area contributed by atoms with Crippen LogP contribution in [-0.2, 0) is 0 Å². The molecular formula is C11H12S. The van der Waals surface area contributed by atoms with Gasteiger partial charge in [0.05, 0.1) is 5.75 Å². The fourth-order valence-electron chi connectivity index (χ4n) is 0.982. The van der Waals surface area contributed by atoms with Gasteiger partial charge in [-0.2, -0.15) is 0 Å². The Bertz CT molecular complexity index is 307. The van der Waals surface area contributed by atoms with E-state index in [1.54, 1.807) is 11.8 Å². The van der Waals surface area contributed by atoms with E-state index in [-0.39, 0.29) is 0 Å². The molecular weight excluding hydrogens is 164 g/mol. The second kappa shape index (κ2) is 4.23. The Labute approximate surface area is 78.4 Å². The third kappa shape index (κ3) is 2.32. The maximum Gasteiger partial charge on any atom is 0.0592 e. The van der Waals surface area contributed by atoms with Crippen molar-refractivity contribution in [2.75, 3.05) is 5.75 Å². The molecule has 0 heterocycles. The molecule has 0 amide bonds. The lowest BCUT2D eigenvalue weighted by Gasteiger charge is -2.03. The quantitative estimate of drug-likeness (QED) is 0.493. The summed E-state index contributed by atoms with van der Waals surface area (Å²) >= 11 is 1.73. The molecule has 0 aliphatic rings. The highest BCUT2D eigenvalue weighted by atomic mass is 32.2. The predicted molar refractivity (Wildman–Crippen MR) is 55.5 cm³/mol. The minimum absolute atomic E-state index is 0.754. The van der Waals surface area contributed by atoms with Gasteiger partial charge in [0, 0.05) is 4.90 Å². The van der Waals surface area contributed by atoms with Gasteiger partial charge in [-0.05, 0) is 25.5 Å². The van der Waals surface area contributed by atoms with Crippen molar-refractivity contribution in [3.8, 4) is 12.3 Å². The van der Waals surface area contributed by atoms with Gasteiger partial charge in [0.25, 0.3) is 0 Å². The normalized spacial score (nSPS) is 9.42. The Kier molecular flexibility index (Phi) is 3.25. The van der Waals surface area contributed by atoms with Gasteiger partial charge in [-0.15, -0.1) is 18.2 Å². The highest BCUT2D eigenvalue weighted by Gasteiger charge is 1.97. The number of rotatable bonds is 2. The van der Waals surface area contributed by atoms with E-state index in [4.69, 9.17) is 6.42 Å². The maximum atomic E-state index is 5.19. The van der Waals surface area contributed by atoms with Crippen LogP contribution in [0.1, 0.15) is 11.1 Å². The molecule has 1 aromatic rings. The van der Waals surface area contributed by atoms with Crippen LogP contribution in [0.25, 0.3) is 0 Å². The van der Waals surface area contributed by atoms with Crippen molar-refractivity contribution < 1.29 is 0 Å². The lowest BCUT2D eigenvalue weighted by atomic mass is 10.2. The molecule has 0 aromatic heterocycles. The molecule has 0 aliphatic carbocycles. The second-order valence-corrected chi connectivity index (χ2v) is 3.78. The number of hydrogen-bond acceptors (Lipinski definition) is 1. The minimum atomic E-state index is 0.754. The standard InChI is InChI=1S/C11H12S/c1-4-7-12-11-8-9(2)5-6-10(11)3/h1,5-6,8H,7H2,2-3H3. The van der Waals surface area contributed by atoms with Gasteiger partial charge in [-0.3, -0.25) is 0 Å². The van der Waals surface area contributed by atoms with Gasteiger partial charge in [0.15, 0.2) is 0 Å². The summed E-state index contributed by atoms with van der Waals surface area (Å²) in [7, 11) is 0. The summed E-state index contributed by atoms with van der Waals surface area (Å²) in [4.78, 5) is 1.30. The SMILES string of the molecule is C#CCSc1cc(C)ccc1C. The molecule has 0 aliphatic heterocycles. The summed E-state index contributed by atoms with van der Waals surface area (Å²) in [5, 5.41) is 0. The van der Waals surface area contributed by atoms with E-state index in [1.165, 1.54) is 16.0 Å². The van der Waals surface area contributed by atoms with Crippen LogP contribution in [0, 0.1) is 26.2 Å². The molecule has 0 N–H and O–H groups in total. The summed E-state index contributed by atoms with van der Waals surface area (Å²) < 4.78 is 0. The van der Waals surface area contributed by atoms with Crippen LogP contribution in [0.5, 0.6) is 0 Å². The number of terminal acetylenes is 1. The first kappa shape index (κ1) is 9.22. The molecule has 0 spiro atoms. The van der Waals surface area contributed by atoms with Gasteiger partial charge < -0.3 is 0 Å². The van der Waals surface area contributed by atoms with E-state index in [0.717, 1.165) is 5.75 Å². The Balaban J connectivity index is 2.84. The molecule has 0 saturated heterocycles. The minimum Gasteiger partial charge on any atom is -0.119 e. The Morgan fingerprint density at radius 2 is 2.17 bits per heavy atom. The number of aryl methyl sites for hydroxylation is 2. The molecule has 0 radical (unpaired) electrons. The molecule has 1 aromatic carbocycles. The molecule has 0 saturated carbocycles. The fourth-order valence-corrected chi connectivity index (χ4v) is 1.79.